The van der Waals surface area contributed by atoms with Gasteiger partial charge in [-0.15, -0.1) is 13.2 Å². The van der Waals surface area contributed by atoms with E-state index in [1.807, 2.05) is 0 Å². The molecule has 1 aromatic carbocycles. The Balaban J connectivity index is 2.69. The van der Waals surface area contributed by atoms with Gasteiger partial charge in [-0.05, 0) is 17.7 Å². The van der Waals surface area contributed by atoms with Gasteiger partial charge >= 0.3 is 6.36 Å². The molecule has 0 radical (unpaired) electrons. The van der Waals surface area contributed by atoms with E-state index >= 15 is 0 Å². The van der Waals surface area contributed by atoms with Crippen LogP contribution >= 0.6 is 0 Å². The summed E-state index contributed by atoms with van der Waals surface area (Å²) in [7, 11) is 2.93. The number of ether oxygens (including phenoxy) is 2. The van der Waals surface area contributed by atoms with E-state index in [4.69, 9.17) is 0 Å². The molecule has 0 aromatic heterocycles. The molecule has 0 saturated carbocycles. The van der Waals surface area contributed by atoms with Gasteiger partial charge in [0, 0.05) is 20.7 Å². The Kier molecular flexibility index (Phi) is 5.17. The molecule has 0 fully saturated rings. The molecule has 1 amide bonds. The lowest BCUT2D eigenvalue weighted by atomic mass is 10.2. The van der Waals surface area contributed by atoms with Gasteiger partial charge in [0.2, 0.25) is 5.91 Å². The van der Waals surface area contributed by atoms with Crippen LogP contribution in [0.3, 0.4) is 0 Å². The van der Waals surface area contributed by atoms with E-state index in [1.54, 1.807) is 13.1 Å². The molecule has 19 heavy (non-hydrogen) atoms. The van der Waals surface area contributed by atoms with Gasteiger partial charge in [0.05, 0.1) is 0 Å². The fourth-order valence-corrected chi connectivity index (χ4v) is 1.44. The average Bonchev–Trinajstić information content (AvgIpc) is 2.27. The lowest BCUT2D eigenvalue weighted by Crippen LogP contribution is -2.29. The van der Waals surface area contributed by atoms with E-state index < -0.39 is 6.36 Å². The van der Waals surface area contributed by atoms with Crippen LogP contribution in [0.2, 0.25) is 0 Å². The lowest BCUT2D eigenvalue weighted by Gasteiger charge is -2.17. The Morgan fingerprint density at radius 3 is 2.63 bits per heavy atom. The Morgan fingerprint density at radius 2 is 2.05 bits per heavy atom. The van der Waals surface area contributed by atoms with E-state index in [0.717, 1.165) is 0 Å². The van der Waals surface area contributed by atoms with Crippen molar-refractivity contribution in [3.05, 3.63) is 29.8 Å². The standard InChI is InChI=1S/C12H14F3NO3/c1-16(11(17)8-18-2)7-9-4-3-5-10(6-9)19-12(13,14)15/h3-6H,7-8H2,1-2H3. The first kappa shape index (κ1) is 15.3. The maximum absolute atomic E-state index is 12.1. The molecule has 4 nitrogen and oxygen atoms in total. The fourth-order valence-electron chi connectivity index (χ4n) is 1.44. The fraction of sp³-hybridized carbons (Fsp3) is 0.417. The van der Waals surface area contributed by atoms with Gasteiger partial charge in [0.25, 0.3) is 0 Å². The van der Waals surface area contributed by atoms with Gasteiger partial charge in [-0.3, -0.25) is 4.79 Å². The van der Waals surface area contributed by atoms with Crippen molar-refractivity contribution in [1.29, 1.82) is 0 Å². The number of carbonyl (C=O) groups is 1. The van der Waals surface area contributed by atoms with Gasteiger partial charge in [0.15, 0.2) is 0 Å². The van der Waals surface area contributed by atoms with Crippen LogP contribution in [0.1, 0.15) is 5.56 Å². The number of halogens is 3. The Morgan fingerprint density at radius 1 is 1.37 bits per heavy atom. The molecule has 0 spiro atoms. The molecule has 0 aliphatic heterocycles. The van der Waals surface area contributed by atoms with E-state index in [0.29, 0.717) is 5.56 Å². The predicted molar refractivity (Wildman–Crippen MR) is 61.5 cm³/mol. The maximum Gasteiger partial charge on any atom is 0.573 e. The van der Waals surface area contributed by atoms with E-state index in [1.165, 1.54) is 30.2 Å². The first-order valence-electron chi connectivity index (χ1n) is 5.39. The number of methoxy groups -OCH3 is 1. The van der Waals surface area contributed by atoms with Crippen molar-refractivity contribution in [2.24, 2.45) is 0 Å². The number of amides is 1. The van der Waals surface area contributed by atoms with Gasteiger partial charge in [-0.25, -0.2) is 0 Å². The largest absolute Gasteiger partial charge is 0.573 e. The third kappa shape index (κ3) is 5.60. The van der Waals surface area contributed by atoms with Crippen LogP contribution in [0.4, 0.5) is 13.2 Å². The van der Waals surface area contributed by atoms with Crippen molar-refractivity contribution in [3.63, 3.8) is 0 Å². The minimum Gasteiger partial charge on any atom is -0.406 e. The van der Waals surface area contributed by atoms with Gasteiger partial charge in [-0.2, -0.15) is 0 Å². The molecule has 0 heterocycles. The van der Waals surface area contributed by atoms with Crippen molar-refractivity contribution in [1.82, 2.24) is 4.90 Å². The van der Waals surface area contributed by atoms with Crippen LogP contribution in [0.25, 0.3) is 0 Å². The summed E-state index contributed by atoms with van der Waals surface area (Å²) in [5.41, 5.74) is 0.536. The maximum atomic E-state index is 12.1. The molecular weight excluding hydrogens is 263 g/mol. The molecule has 1 aromatic rings. The third-order valence-corrected chi connectivity index (χ3v) is 2.25. The summed E-state index contributed by atoms with van der Waals surface area (Å²) in [4.78, 5) is 12.8. The number of nitrogens with zero attached hydrogens (tertiary/aromatic N) is 1. The zero-order valence-electron chi connectivity index (χ0n) is 10.5. The van der Waals surface area contributed by atoms with Crippen LogP contribution in [0.5, 0.6) is 5.75 Å². The zero-order valence-corrected chi connectivity index (χ0v) is 10.5. The summed E-state index contributed by atoms with van der Waals surface area (Å²) in [5, 5.41) is 0. The second-order valence-electron chi connectivity index (χ2n) is 3.88. The van der Waals surface area contributed by atoms with Crippen LogP contribution in [-0.4, -0.2) is 37.9 Å². The SMILES string of the molecule is COCC(=O)N(C)Cc1cccc(OC(F)(F)F)c1. The van der Waals surface area contributed by atoms with Gasteiger partial charge < -0.3 is 14.4 Å². The van der Waals surface area contributed by atoms with E-state index in [2.05, 4.69) is 9.47 Å². The summed E-state index contributed by atoms with van der Waals surface area (Å²) >= 11 is 0. The summed E-state index contributed by atoms with van der Waals surface area (Å²) in [6.07, 6.45) is -4.73. The number of benzene rings is 1. The van der Waals surface area contributed by atoms with E-state index in [9.17, 15) is 18.0 Å². The highest BCUT2D eigenvalue weighted by atomic mass is 19.4. The third-order valence-electron chi connectivity index (χ3n) is 2.25. The Bertz CT molecular complexity index is 434. The molecule has 0 aliphatic carbocycles. The number of carbonyl (C=O) groups excluding carboxylic acids is 1. The van der Waals surface area contributed by atoms with Gasteiger partial charge in [0.1, 0.15) is 12.4 Å². The highest BCUT2D eigenvalue weighted by Gasteiger charge is 2.31. The van der Waals surface area contributed by atoms with Crippen LogP contribution < -0.4 is 4.74 Å². The lowest BCUT2D eigenvalue weighted by molar-refractivity contribution is -0.274. The smallest absolute Gasteiger partial charge is 0.406 e. The molecule has 0 unspecified atom stereocenters. The monoisotopic (exact) mass is 277 g/mol. The van der Waals surface area contributed by atoms with Crippen LogP contribution in [-0.2, 0) is 16.1 Å². The number of rotatable bonds is 5. The number of hydrogen-bond donors (Lipinski definition) is 0. The molecule has 0 bridgehead atoms. The minimum absolute atomic E-state index is 0.0742. The first-order chi connectivity index (χ1) is 8.81. The molecule has 0 saturated heterocycles. The first-order valence-corrected chi connectivity index (χ1v) is 5.39. The summed E-state index contributed by atoms with van der Waals surface area (Å²) in [6.45, 7) is 0.104. The number of likely N-dealkylation sites (N-methyl/N-ethyl adjacent to an activating group) is 1. The highest BCUT2D eigenvalue weighted by molar-refractivity contribution is 5.77. The van der Waals surface area contributed by atoms with Crippen molar-refractivity contribution >= 4 is 5.91 Å². The summed E-state index contributed by atoms with van der Waals surface area (Å²) in [5.74, 6) is -0.567. The highest BCUT2D eigenvalue weighted by Crippen LogP contribution is 2.23. The zero-order chi connectivity index (χ0) is 14.5. The normalized spacial score (nSPS) is 11.2. The van der Waals surface area contributed by atoms with Gasteiger partial charge in [-0.1, -0.05) is 12.1 Å². The van der Waals surface area contributed by atoms with E-state index in [-0.39, 0.29) is 24.8 Å². The summed E-state index contributed by atoms with van der Waals surface area (Å²) in [6, 6.07) is 5.49. The topological polar surface area (TPSA) is 38.8 Å². The molecule has 0 atom stereocenters. The Labute approximate surface area is 108 Å². The second kappa shape index (κ2) is 6.42. The van der Waals surface area contributed by atoms with Crippen LogP contribution in [0.15, 0.2) is 24.3 Å². The molecule has 0 N–H and O–H groups in total. The Hall–Kier alpha value is -1.76. The molecule has 0 aliphatic rings. The minimum atomic E-state index is -4.73. The summed E-state index contributed by atoms with van der Waals surface area (Å²) < 4.78 is 44.7. The van der Waals surface area contributed by atoms with Crippen molar-refractivity contribution in [3.8, 4) is 5.75 Å². The molecular formula is C12H14F3NO3. The quantitative estimate of drug-likeness (QED) is 0.828. The predicted octanol–water partition coefficient (Wildman–Crippen LogP) is 2.19. The number of alkyl halides is 3. The average molecular weight is 277 g/mol. The molecule has 7 heteroatoms. The van der Waals surface area contributed by atoms with Crippen molar-refractivity contribution < 1.29 is 27.4 Å². The molecule has 106 valence electrons. The van der Waals surface area contributed by atoms with Crippen molar-refractivity contribution in [2.45, 2.75) is 12.9 Å². The second-order valence-corrected chi connectivity index (χ2v) is 3.88. The number of hydrogen-bond acceptors (Lipinski definition) is 3. The molecule has 1 rings (SSSR count). The van der Waals surface area contributed by atoms with Crippen molar-refractivity contribution in [2.75, 3.05) is 20.8 Å². The van der Waals surface area contributed by atoms with Crippen LogP contribution in [0, 0.1) is 0 Å².